The van der Waals surface area contributed by atoms with Gasteiger partial charge in [0.2, 0.25) is 0 Å². The van der Waals surface area contributed by atoms with Crippen LogP contribution in [0.1, 0.15) is 13.8 Å². The number of likely N-dealkylation sites (N-methyl/N-ethyl adjacent to an activating group) is 2. The minimum Gasteiger partial charge on any atom is -0.489 e. The molecule has 0 unspecified atom stereocenters. The average molecular weight is 251 g/mol. The Kier molecular flexibility index (Phi) is 5.28. The molecule has 102 valence electrons. The summed E-state index contributed by atoms with van der Waals surface area (Å²) >= 11 is 0. The SMILES string of the molecule is CC(C)Oc1cc(N)ccc1N(C)CCN(C)C. The van der Waals surface area contributed by atoms with Gasteiger partial charge in [0.15, 0.2) is 0 Å². The van der Waals surface area contributed by atoms with E-state index in [0.717, 1.165) is 30.2 Å². The van der Waals surface area contributed by atoms with Gasteiger partial charge in [-0.2, -0.15) is 0 Å². The van der Waals surface area contributed by atoms with Crippen molar-refractivity contribution in [3.05, 3.63) is 18.2 Å². The number of nitrogens with zero attached hydrogens (tertiary/aromatic N) is 2. The maximum absolute atomic E-state index is 5.82. The summed E-state index contributed by atoms with van der Waals surface area (Å²) in [6, 6.07) is 5.82. The van der Waals surface area contributed by atoms with Crippen LogP contribution in [0, 0.1) is 0 Å². The lowest BCUT2D eigenvalue weighted by Gasteiger charge is -2.25. The quantitative estimate of drug-likeness (QED) is 0.786. The minimum atomic E-state index is 0.146. The highest BCUT2D eigenvalue weighted by Gasteiger charge is 2.10. The molecule has 0 atom stereocenters. The molecule has 1 aromatic carbocycles. The molecule has 4 heteroatoms. The van der Waals surface area contributed by atoms with E-state index in [0.29, 0.717) is 0 Å². The molecule has 0 fully saturated rings. The Morgan fingerprint density at radius 2 is 1.83 bits per heavy atom. The molecular weight excluding hydrogens is 226 g/mol. The molecular formula is C14H25N3O. The van der Waals surface area contributed by atoms with Crippen LogP contribution in [-0.4, -0.2) is 45.2 Å². The van der Waals surface area contributed by atoms with E-state index in [1.165, 1.54) is 0 Å². The van der Waals surface area contributed by atoms with Crippen LogP contribution in [0.5, 0.6) is 5.75 Å². The molecule has 0 spiro atoms. The topological polar surface area (TPSA) is 41.7 Å². The predicted molar refractivity (Wildman–Crippen MR) is 78.4 cm³/mol. The Bertz CT molecular complexity index is 377. The van der Waals surface area contributed by atoms with Crippen LogP contribution in [0.3, 0.4) is 0 Å². The molecule has 0 aliphatic heterocycles. The van der Waals surface area contributed by atoms with Crippen molar-refractivity contribution in [1.82, 2.24) is 4.90 Å². The summed E-state index contributed by atoms with van der Waals surface area (Å²) in [5.74, 6) is 0.853. The first-order valence-electron chi connectivity index (χ1n) is 6.32. The Hall–Kier alpha value is -1.42. The van der Waals surface area contributed by atoms with Crippen molar-refractivity contribution in [2.24, 2.45) is 0 Å². The van der Waals surface area contributed by atoms with Crippen molar-refractivity contribution < 1.29 is 4.74 Å². The van der Waals surface area contributed by atoms with Gasteiger partial charge in [-0.05, 0) is 40.1 Å². The highest BCUT2D eigenvalue weighted by molar-refractivity contribution is 5.63. The largest absolute Gasteiger partial charge is 0.489 e. The van der Waals surface area contributed by atoms with Gasteiger partial charge in [0.25, 0.3) is 0 Å². The van der Waals surface area contributed by atoms with E-state index in [1.54, 1.807) is 0 Å². The molecule has 4 nitrogen and oxygen atoms in total. The zero-order valence-corrected chi connectivity index (χ0v) is 12.1. The molecule has 0 saturated carbocycles. The number of ether oxygens (including phenoxy) is 1. The third kappa shape index (κ3) is 4.45. The standard InChI is InChI=1S/C14H25N3O/c1-11(2)18-14-10-12(15)6-7-13(14)17(5)9-8-16(3)4/h6-7,10-11H,8-9,15H2,1-5H3. The first-order valence-corrected chi connectivity index (χ1v) is 6.32. The van der Waals surface area contributed by atoms with Crippen molar-refractivity contribution in [2.45, 2.75) is 20.0 Å². The lowest BCUT2D eigenvalue weighted by atomic mass is 10.2. The second-order valence-electron chi connectivity index (χ2n) is 5.12. The summed E-state index contributed by atoms with van der Waals surface area (Å²) in [5.41, 5.74) is 7.63. The first-order chi connectivity index (χ1) is 8.40. The molecule has 0 aliphatic rings. The van der Waals surface area contributed by atoms with E-state index < -0.39 is 0 Å². The van der Waals surface area contributed by atoms with Gasteiger partial charge in [-0.3, -0.25) is 0 Å². The highest BCUT2D eigenvalue weighted by atomic mass is 16.5. The highest BCUT2D eigenvalue weighted by Crippen LogP contribution is 2.30. The third-order valence-corrected chi connectivity index (χ3v) is 2.64. The third-order valence-electron chi connectivity index (χ3n) is 2.64. The number of hydrogen-bond donors (Lipinski definition) is 1. The van der Waals surface area contributed by atoms with Crippen molar-refractivity contribution in [3.63, 3.8) is 0 Å². The molecule has 18 heavy (non-hydrogen) atoms. The van der Waals surface area contributed by atoms with Crippen LogP contribution in [0.2, 0.25) is 0 Å². The molecule has 0 radical (unpaired) electrons. The summed E-state index contributed by atoms with van der Waals surface area (Å²) in [6.45, 7) is 5.99. The Balaban J connectivity index is 2.85. The number of benzene rings is 1. The summed E-state index contributed by atoms with van der Waals surface area (Å²) < 4.78 is 5.82. The normalized spacial score (nSPS) is 11.1. The molecule has 0 heterocycles. The summed E-state index contributed by atoms with van der Waals surface area (Å²) in [6.07, 6.45) is 0.146. The smallest absolute Gasteiger partial charge is 0.145 e. The van der Waals surface area contributed by atoms with E-state index in [9.17, 15) is 0 Å². The van der Waals surface area contributed by atoms with E-state index in [2.05, 4.69) is 30.9 Å². The Morgan fingerprint density at radius 1 is 1.17 bits per heavy atom. The van der Waals surface area contributed by atoms with Crippen LogP contribution >= 0.6 is 0 Å². The fraction of sp³-hybridized carbons (Fsp3) is 0.571. The second-order valence-corrected chi connectivity index (χ2v) is 5.12. The van der Waals surface area contributed by atoms with Crippen LogP contribution in [0.4, 0.5) is 11.4 Å². The molecule has 0 saturated heterocycles. The predicted octanol–water partition coefficient (Wildman–Crippen LogP) is 2.05. The number of hydrogen-bond acceptors (Lipinski definition) is 4. The van der Waals surface area contributed by atoms with Crippen molar-refractivity contribution in [1.29, 1.82) is 0 Å². The molecule has 0 amide bonds. The zero-order chi connectivity index (χ0) is 13.7. The van der Waals surface area contributed by atoms with Gasteiger partial charge < -0.3 is 20.3 Å². The summed E-state index contributed by atoms with van der Waals surface area (Å²) in [4.78, 5) is 4.36. The Morgan fingerprint density at radius 3 is 2.39 bits per heavy atom. The van der Waals surface area contributed by atoms with Crippen LogP contribution in [0.25, 0.3) is 0 Å². The van der Waals surface area contributed by atoms with Crippen molar-refractivity contribution in [3.8, 4) is 5.75 Å². The fourth-order valence-corrected chi connectivity index (χ4v) is 1.66. The maximum Gasteiger partial charge on any atom is 0.145 e. The summed E-state index contributed by atoms with van der Waals surface area (Å²) in [5, 5.41) is 0. The lowest BCUT2D eigenvalue weighted by molar-refractivity contribution is 0.243. The van der Waals surface area contributed by atoms with E-state index in [4.69, 9.17) is 10.5 Å². The molecule has 0 aliphatic carbocycles. The van der Waals surface area contributed by atoms with Gasteiger partial charge in [0.05, 0.1) is 11.8 Å². The van der Waals surface area contributed by atoms with Gasteiger partial charge in [-0.15, -0.1) is 0 Å². The molecule has 2 N–H and O–H groups in total. The van der Waals surface area contributed by atoms with E-state index >= 15 is 0 Å². The van der Waals surface area contributed by atoms with E-state index in [1.807, 2.05) is 32.0 Å². The minimum absolute atomic E-state index is 0.146. The number of nitrogen functional groups attached to an aromatic ring is 1. The average Bonchev–Trinajstić information content (AvgIpc) is 2.25. The van der Waals surface area contributed by atoms with Gasteiger partial charge in [-0.25, -0.2) is 0 Å². The summed E-state index contributed by atoms with van der Waals surface area (Å²) in [7, 11) is 6.22. The van der Waals surface area contributed by atoms with Gasteiger partial charge in [0.1, 0.15) is 5.75 Å². The monoisotopic (exact) mass is 251 g/mol. The molecule has 0 bridgehead atoms. The number of anilines is 2. The molecule has 1 rings (SSSR count). The van der Waals surface area contributed by atoms with Crippen LogP contribution < -0.4 is 15.4 Å². The van der Waals surface area contributed by atoms with Crippen molar-refractivity contribution in [2.75, 3.05) is 44.9 Å². The van der Waals surface area contributed by atoms with Gasteiger partial charge >= 0.3 is 0 Å². The van der Waals surface area contributed by atoms with Crippen molar-refractivity contribution >= 4 is 11.4 Å². The Labute approximate surface area is 110 Å². The maximum atomic E-state index is 5.82. The first kappa shape index (κ1) is 14.6. The molecule has 1 aromatic rings. The van der Waals surface area contributed by atoms with Crippen LogP contribution in [0.15, 0.2) is 18.2 Å². The number of rotatable bonds is 6. The van der Waals surface area contributed by atoms with Crippen LogP contribution in [-0.2, 0) is 0 Å². The van der Waals surface area contributed by atoms with Gasteiger partial charge in [-0.1, -0.05) is 0 Å². The lowest BCUT2D eigenvalue weighted by Crippen LogP contribution is -2.29. The second kappa shape index (κ2) is 6.50. The zero-order valence-electron chi connectivity index (χ0n) is 12.1. The molecule has 0 aromatic heterocycles. The fourth-order valence-electron chi connectivity index (χ4n) is 1.66. The number of nitrogens with two attached hydrogens (primary N) is 1. The van der Waals surface area contributed by atoms with Gasteiger partial charge in [0, 0.05) is 31.9 Å². The van der Waals surface area contributed by atoms with E-state index in [-0.39, 0.29) is 6.10 Å².